The van der Waals surface area contributed by atoms with Crippen LogP contribution in [-0.4, -0.2) is 36.2 Å². The Morgan fingerprint density at radius 1 is 1.60 bits per heavy atom. The SMILES string of the molecule is CCOC(=O)C(C)NC1CCC(SC)C1. The summed E-state index contributed by atoms with van der Waals surface area (Å²) >= 11 is 1.93. The molecule has 0 aliphatic heterocycles. The van der Waals surface area contributed by atoms with Crippen molar-refractivity contribution in [3.05, 3.63) is 0 Å². The zero-order valence-electron chi connectivity index (χ0n) is 9.79. The van der Waals surface area contributed by atoms with E-state index in [1.54, 1.807) is 0 Å². The van der Waals surface area contributed by atoms with Gasteiger partial charge in [-0.15, -0.1) is 0 Å². The summed E-state index contributed by atoms with van der Waals surface area (Å²) in [6, 6.07) is 0.317. The number of ether oxygens (including phenoxy) is 1. The Morgan fingerprint density at radius 3 is 2.87 bits per heavy atom. The van der Waals surface area contributed by atoms with Crippen LogP contribution < -0.4 is 5.32 Å². The minimum Gasteiger partial charge on any atom is -0.465 e. The number of thioether (sulfide) groups is 1. The lowest BCUT2D eigenvalue weighted by molar-refractivity contribution is -0.145. The molecule has 0 spiro atoms. The monoisotopic (exact) mass is 231 g/mol. The van der Waals surface area contributed by atoms with Crippen LogP contribution in [0.4, 0.5) is 0 Å². The maximum absolute atomic E-state index is 11.4. The predicted octanol–water partition coefficient (Wildman–Crippen LogP) is 1.81. The van der Waals surface area contributed by atoms with Crippen LogP contribution in [0, 0.1) is 0 Å². The lowest BCUT2D eigenvalue weighted by atomic mass is 10.2. The first-order valence-electron chi connectivity index (χ1n) is 5.62. The van der Waals surface area contributed by atoms with Crippen LogP contribution in [0.1, 0.15) is 33.1 Å². The van der Waals surface area contributed by atoms with Gasteiger partial charge in [0.25, 0.3) is 0 Å². The molecule has 0 heterocycles. The number of rotatable bonds is 5. The third kappa shape index (κ3) is 4.03. The van der Waals surface area contributed by atoms with E-state index in [-0.39, 0.29) is 12.0 Å². The van der Waals surface area contributed by atoms with Gasteiger partial charge in [0, 0.05) is 11.3 Å². The van der Waals surface area contributed by atoms with E-state index in [1.807, 2.05) is 25.6 Å². The third-order valence-electron chi connectivity index (χ3n) is 2.84. The molecule has 88 valence electrons. The molecule has 0 aromatic carbocycles. The van der Waals surface area contributed by atoms with E-state index in [2.05, 4.69) is 11.6 Å². The fourth-order valence-electron chi connectivity index (χ4n) is 1.99. The van der Waals surface area contributed by atoms with Crippen molar-refractivity contribution in [3.63, 3.8) is 0 Å². The number of nitrogens with one attached hydrogen (secondary N) is 1. The van der Waals surface area contributed by atoms with E-state index in [9.17, 15) is 4.79 Å². The average molecular weight is 231 g/mol. The van der Waals surface area contributed by atoms with E-state index < -0.39 is 0 Å². The second kappa shape index (κ2) is 6.38. The zero-order chi connectivity index (χ0) is 11.3. The number of hydrogen-bond donors (Lipinski definition) is 1. The van der Waals surface area contributed by atoms with Crippen LogP contribution in [-0.2, 0) is 9.53 Å². The van der Waals surface area contributed by atoms with Gasteiger partial charge in [-0.05, 0) is 39.4 Å². The molecule has 0 bridgehead atoms. The summed E-state index contributed by atoms with van der Waals surface area (Å²) in [7, 11) is 0. The Kier molecular flexibility index (Phi) is 5.47. The predicted molar refractivity (Wildman–Crippen MR) is 64.2 cm³/mol. The molecule has 1 aliphatic carbocycles. The van der Waals surface area contributed by atoms with Gasteiger partial charge in [-0.25, -0.2) is 0 Å². The Balaban J connectivity index is 2.26. The number of carbonyl (C=O) groups excluding carboxylic acids is 1. The van der Waals surface area contributed by atoms with Gasteiger partial charge in [0.2, 0.25) is 0 Å². The first kappa shape index (κ1) is 12.8. The molecular formula is C11H21NO2S. The molecule has 0 aromatic rings. The maximum atomic E-state index is 11.4. The van der Waals surface area contributed by atoms with E-state index in [1.165, 1.54) is 19.3 Å². The molecule has 0 saturated heterocycles. The van der Waals surface area contributed by atoms with Crippen molar-refractivity contribution in [1.29, 1.82) is 0 Å². The summed E-state index contributed by atoms with van der Waals surface area (Å²) in [5, 5.41) is 4.10. The topological polar surface area (TPSA) is 38.3 Å². The molecule has 1 rings (SSSR count). The summed E-state index contributed by atoms with van der Waals surface area (Å²) in [5.41, 5.74) is 0. The van der Waals surface area contributed by atoms with Crippen molar-refractivity contribution in [2.75, 3.05) is 12.9 Å². The maximum Gasteiger partial charge on any atom is 0.322 e. The van der Waals surface area contributed by atoms with Crippen molar-refractivity contribution < 1.29 is 9.53 Å². The van der Waals surface area contributed by atoms with Gasteiger partial charge in [0.05, 0.1) is 6.61 Å². The van der Waals surface area contributed by atoms with Gasteiger partial charge >= 0.3 is 5.97 Å². The first-order chi connectivity index (χ1) is 7.17. The molecule has 1 saturated carbocycles. The molecule has 4 heteroatoms. The van der Waals surface area contributed by atoms with Crippen molar-refractivity contribution in [2.45, 2.75) is 50.4 Å². The molecule has 0 radical (unpaired) electrons. The van der Waals surface area contributed by atoms with Gasteiger partial charge in [-0.2, -0.15) is 11.8 Å². The van der Waals surface area contributed by atoms with Gasteiger partial charge in [-0.1, -0.05) is 0 Å². The Hall–Kier alpha value is -0.220. The first-order valence-corrected chi connectivity index (χ1v) is 6.91. The standard InChI is InChI=1S/C11H21NO2S/c1-4-14-11(13)8(2)12-9-5-6-10(7-9)15-3/h8-10,12H,4-7H2,1-3H3. The summed E-state index contributed by atoms with van der Waals surface area (Å²) in [4.78, 5) is 11.4. The number of carbonyl (C=O) groups is 1. The summed E-state index contributed by atoms with van der Waals surface area (Å²) in [6.45, 7) is 4.18. The van der Waals surface area contributed by atoms with Crippen LogP contribution in [0.3, 0.4) is 0 Å². The van der Waals surface area contributed by atoms with Crippen molar-refractivity contribution in [1.82, 2.24) is 5.32 Å². The quantitative estimate of drug-likeness (QED) is 0.732. The highest BCUT2D eigenvalue weighted by Crippen LogP contribution is 2.28. The Morgan fingerprint density at radius 2 is 2.33 bits per heavy atom. The largest absolute Gasteiger partial charge is 0.465 e. The summed E-state index contributed by atoms with van der Waals surface area (Å²) in [6.07, 6.45) is 5.76. The highest BCUT2D eigenvalue weighted by molar-refractivity contribution is 7.99. The summed E-state index contributed by atoms with van der Waals surface area (Å²) in [5.74, 6) is -0.134. The molecule has 1 fully saturated rings. The van der Waals surface area contributed by atoms with Crippen molar-refractivity contribution in [2.24, 2.45) is 0 Å². The van der Waals surface area contributed by atoms with Gasteiger partial charge in [-0.3, -0.25) is 4.79 Å². The molecule has 0 aromatic heterocycles. The van der Waals surface area contributed by atoms with Crippen LogP contribution >= 0.6 is 11.8 Å². The van der Waals surface area contributed by atoms with Gasteiger partial charge < -0.3 is 10.1 Å². The van der Waals surface area contributed by atoms with Crippen LogP contribution in [0.15, 0.2) is 0 Å². The lowest BCUT2D eigenvalue weighted by Gasteiger charge is -2.18. The Labute approximate surface area is 96.3 Å². The highest BCUT2D eigenvalue weighted by Gasteiger charge is 2.26. The number of esters is 1. The smallest absolute Gasteiger partial charge is 0.322 e. The zero-order valence-corrected chi connectivity index (χ0v) is 10.6. The normalized spacial score (nSPS) is 27.7. The van der Waals surface area contributed by atoms with E-state index in [4.69, 9.17) is 4.74 Å². The molecule has 3 nitrogen and oxygen atoms in total. The molecule has 15 heavy (non-hydrogen) atoms. The van der Waals surface area contributed by atoms with Crippen LogP contribution in [0.2, 0.25) is 0 Å². The van der Waals surface area contributed by atoms with E-state index >= 15 is 0 Å². The molecular weight excluding hydrogens is 210 g/mol. The second-order valence-corrected chi connectivity index (χ2v) is 5.15. The third-order valence-corrected chi connectivity index (χ3v) is 3.94. The molecule has 0 amide bonds. The average Bonchev–Trinajstić information content (AvgIpc) is 2.66. The summed E-state index contributed by atoms with van der Waals surface area (Å²) < 4.78 is 4.96. The van der Waals surface area contributed by atoms with Crippen LogP contribution in [0.25, 0.3) is 0 Å². The van der Waals surface area contributed by atoms with Gasteiger partial charge in [0.15, 0.2) is 0 Å². The van der Waals surface area contributed by atoms with Gasteiger partial charge in [0.1, 0.15) is 6.04 Å². The molecule has 3 atom stereocenters. The Bertz CT molecular complexity index is 211. The van der Waals surface area contributed by atoms with Crippen molar-refractivity contribution >= 4 is 17.7 Å². The lowest BCUT2D eigenvalue weighted by Crippen LogP contribution is -2.41. The van der Waals surface area contributed by atoms with E-state index in [0.29, 0.717) is 12.6 Å². The molecule has 1 aliphatic rings. The fourth-order valence-corrected chi connectivity index (χ4v) is 2.79. The second-order valence-electron chi connectivity index (χ2n) is 4.01. The number of hydrogen-bond acceptors (Lipinski definition) is 4. The molecule has 1 N–H and O–H groups in total. The van der Waals surface area contributed by atoms with E-state index in [0.717, 1.165) is 5.25 Å². The minimum atomic E-state index is -0.171. The van der Waals surface area contributed by atoms with Crippen molar-refractivity contribution in [3.8, 4) is 0 Å². The minimum absolute atomic E-state index is 0.134. The fraction of sp³-hybridized carbons (Fsp3) is 0.909. The molecule has 3 unspecified atom stereocenters. The van der Waals surface area contributed by atoms with Crippen LogP contribution in [0.5, 0.6) is 0 Å². The highest BCUT2D eigenvalue weighted by atomic mass is 32.2.